The summed E-state index contributed by atoms with van der Waals surface area (Å²) in [5.41, 5.74) is 1.92. The van der Waals surface area contributed by atoms with E-state index in [1.54, 1.807) is 66.7 Å². The highest BCUT2D eigenvalue weighted by atomic mass is 19.4. The van der Waals surface area contributed by atoms with Crippen LogP contribution in [0.4, 0.5) is 17.6 Å². The van der Waals surface area contributed by atoms with Crippen LogP contribution >= 0.6 is 0 Å². The Morgan fingerprint density at radius 2 is 1.62 bits per heavy atom. The lowest BCUT2D eigenvalue weighted by Crippen LogP contribution is -2.65. The molecule has 7 nitrogen and oxygen atoms in total. The van der Waals surface area contributed by atoms with Crippen molar-refractivity contribution in [2.24, 2.45) is 0 Å². The van der Waals surface area contributed by atoms with Gasteiger partial charge in [0.15, 0.2) is 0 Å². The maximum Gasteiger partial charge on any atom is 0.393 e. The van der Waals surface area contributed by atoms with Gasteiger partial charge < -0.3 is 15.0 Å². The van der Waals surface area contributed by atoms with E-state index in [-0.39, 0.29) is 39.5 Å². The molecular formula is C30H35B6F4N5O2. The number of aromatic nitrogens is 3. The summed E-state index contributed by atoms with van der Waals surface area (Å²) in [7, 11) is 12.0. The second kappa shape index (κ2) is 14.8. The van der Waals surface area contributed by atoms with Crippen molar-refractivity contribution in [3.05, 3.63) is 102 Å². The zero-order valence-electron chi connectivity index (χ0n) is 27.5. The van der Waals surface area contributed by atoms with Crippen molar-refractivity contribution in [3.63, 3.8) is 0 Å². The summed E-state index contributed by atoms with van der Waals surface area (Å²) in [4.78, 5) is 19.0. The molecule has 0 fully saturated rings. The number of nitrogens with one attached hydrogen (secondary N) is 2. The predicted octanol–water partition coefficient (Wildman–Crippen LogP) is -0.617. The van der Waals surface area contributed by atoms with Gasteiger partial charge in [0.1, 0.15) is 53.7 Å². The zero-order chi connectivity index (χ0) is 34.4. The lowest BCUT2D eigenvalue weighted by molar-refractivity contribution is -0.127. The molecule has 0 radical (unpaired) electrons. The van der Waals surface area contributed by atoms with Crippen LogP contribution in [0, 0.1) is 5.95 Å². The first-order valence-electron chi connectivity index (χ1n) is 15.3. The minimum Gasteiger partial charge on any atom is -0.476 e. The summed E-state index contributed by atoms with van der Waals surface area (Å²) < 4.78 is 62.1. The number of amides is 1. The predicted molar refractivity (Wildman–Crippen MR) is 194 cm³/mol. The van der Waals surface area contributed by atoms with Crippen molar-refractivity contribution < 1.29 is 27.1 Å². The second-order valence-corrected chi connectivity index (χ2v) is 13.1. The van der Waals surface area contributed by atoms with E-state index in [1.165, 1.54) is 12.3 Å². The van der Waals surface area contributed by atoms with Gasteiger partial charge in [0, 0.05) is 37.0 Å². The topological polar surface area (TPSA) is 83.1 Å². The third-order valence-electron chi connectivity index (χ3n) is 7.24. The summed E-state index contributed by atoms with van der Waals surface area (Å²) >= 11 is 0. The number of alkyl halides is 3. The fraction of sp³-hybridized carbons (Fsp3) is 0.233. The highest BCUT2D eigenvalue weighted by Gasteiger charge is 2.34. The monoisotopic (exact) mass is 639 g/mol. The summed E-state index contributed by atoms with van der Waals surface area (Å²) in [5, 5.41) is 8.87. The highest BCUT2D eigenvalue weighted by Crippen LogP contribution is 2.40. The molecule has 1 amide bonds. The van der Waals surface area contributed by atoms with E-state index in [9.17, 15) is 22.4 Å². The third-order valence-corrected chi connectivity index (χ3v) is 7.24. The van der Waals surface area contributed by atoms with Crippen LogP contribution in [0.2, 0.25) is 0 Å². The van der Waals surface area contributed by atoms with Crippen LogP contribution in [0.1, 0.15) is 23.1 Å². The van der Waals surface area contributed by atoms with E-state index in [2.05, 4.69) is 20.5 Å². The molecule has 0 aliphatic rings. The molecule has 0 aliphatic heterocycles. The first-order valence-corrected chi connectivity index (χ1v) is 15.3. The van der Waals surface area contributed by atoms with Crippen molar-refractivity contribution >= 4 is 75.0 Å². The van der Waals surface area contributed by atoms with Gasteiger partial charge in [-0.3, -0.25) is 9.89 Å². The Hall–Kier alpha value is -4.12. The molecule has 2 N–H and O–H groups in total. The molecule has 0 unspecified atom stereocenters. The van der Waals surface area contributed by atoms with Gasteiger partial charge >= 0.3 is 6.18 Å². The number of hydrogen-bond acceptors (Lipinski definition) is 5. The number of benzene rings is 2. The standard InChI is InChI=1S/C30H35B6F4N5O2/c31-29(32,33)45(30(34,35)36)25(46)7-4-12-41-13-14-47-24-11-9-20(17-42-24)26(19-8-10-23-21(15-19)27(37)44-43-23)22(16-28(38,39)40)18-5-2-1-3-6-18/h1-11,15,17,41H,12-14,16,31-36H2,(H,43,44)/b7-4+,26-22-. The zero-order valence-corrected chi connectivity index (χ0v) is 27.5. The van der Waals surface area contributed by atoms with Gasteiger partial charge in [0.2, 0.25) is 17.7 Å². The molecule has 0 bridgehead atoms. The molecule has 0 atom stereocenters. The summed E-state index contributed by atoms with van der Waals surface area (Å²) in [6, 6.07) is 16.3. The SMILES string of the molecule is BC(B)(B)N(C(=O)/C=C/CNCCOc1ccc(/C(=C(/CC(F)(F)F)c2ccccc2)c2ccc3[nH]nc(F)c3c2)cn1)C(B)(B)B. The molecule has 17 heteroatoms. The summed E-state index contributed by atoms with van der Waals surface area (Å²) in [6.45, 7) is 1.20. The molecular weight excluding hydrogens is 603 g/mol. The Bertz CT molecular complexity index is 1720. The van der Waals surface area contributed by atoms with Gasteiger partial charge in [-0.2, -0.15) is 17.6 Å². The van der Waals surface area contributed by atoms with Gasteiger partial charge in [0.05, 0.1) is 17.3 Å². The van der Waals surface area contributed by atoms with Crippen LogP contribution in [-0.2, 0) is 4.79 Å². The van der Waals surface area contributed by atoms with Crippen molar-refractivity contribution in [2.45, 2.75) is 23.1 Å². The number of carbonyl (C=O) groups is 1. The van der Waals surface area contributed by atoms with Gasteiger partial charge in [-0.1, -0.05) is 42.5 Å². The minimum absolute atomic E-state index is 0.0284. The van der Waals surface area contributed by atoms with Crippen LogP contribution in [0.25, 0.3) is 22.0 Å². The molecule has 4 aromatic rings. The average molecular weight is 639 g/mol. The van der Waals surface area contributed by atoms with Crippen LogP contribution in [-0.4, -0.2) is 109 Å². The lowest BCUT2D eigenvalue weighted by atomic mass is 9.40. The molecule has 0 aliphatic carbocycles. The van der Waals surface area contributed by atoms with Crippen LogP contribution in [0.3, 0.4) is 0 Å². The van der Waals surface area contributed by atoms with E-state index in [0.29, 0.717) is 41.2 Å². The molecule has 4 rings (SSSR count). The fourth-order valence-corrected chi connectivity index (χ4v) is 5.76. The molecule has 238 valence electrons. The third kappa shape index (κ3) is 9.70. The van der Waals surface area contributed by atoms with E-state index in [1.807, 2.05) is 52.0 Å². The quantitative estimate of drug-likeness (QED) is 0.0672. The molecule has 0 spiro atoms. The van der Waals surface area contributed by atoms with Crippen LogP contribution in [0.5, 0.6) is 5.88 Å². The molecule has 2 aromatic heterocycles. The molecule has 2 aromatic carbocycles. The van der Waals surface area contributed by atoms with E-state index in [0.717, 1.165) is 0 Å². The summed E-state index contributed by atoms with van der Waals surface area (Å²) in [6.07, 6.45) is -0.918. The number of allylic oxidation sites excluding steroid dienone is 1. The van der Waals surface area contributed by atoms with Gasteiger partial charge in [-0.15, -0.1) is 5.10 Å². The number of ether oxygens (including phenoxy) is 1. The van der Waals surface area contributed by atoms with Gasteiger partial charge in [-0.25, -0.2) is 4.98 Å². The Morgan fingerprint density at radius 1 is 0.936 bits per heavy atom. The number of aromatic amines is 1. The Kier molecular flexibility index (Phi) is 11.2. The number of pyridine rings is 1. The Balaban J connectivity index is 1.50. The molecule has 0 saturated carbocycles. The number of fused-ring (bicyclic) bond motifs is 1. The smallest absolute Gasteiger partial charge is 0.393 e. The number of carbonyl (C=O) groups excluding carboxylic acids is 1. The van der Waals surface area contributed by atoms with Gasteiger partial charge in [0.25, 0.3) is 0 Å². The average Bonchev–Trinajstić information content (AvgIpc) is 3.35. The number of hydrogen-bond donors (Lipinski definition) is 2. The Morgan fingerprint density at radius 3 is 2.23 bits per heavy atom. The largest absolute Gasteiger partial charge is 0.476 e. The first-order chi connectivity index (χ1) is 22.0. The van der Waals surface area contributed by atoms with E-state index >= 15 is 0 Å². The maximum absolute atomic E-state index is 14.4. The van der Waals surface area contributed by atoms with Crippen molar-refractivity contribution in [3.8, 4) is 5.88 Å². The molecule has 2 heterocycles. The van der Waals surface area contributed by atoms with Crippen LogP contribution in [0.15, 0.2) is 79.0 Å². The Labute approximate surface area is 277 Å². The lowest BCUT2D eigenvalue weighted by Gasteiger charge is -2.46. The highest BCUT2D eigenvalue weighted by molar-refractivity contribution is 6.64. The number of halogens is 4. The van der Waals surface area contributed by atoms with E-state index < -0.39 is 18.5 Å². The maximum atomic E-state index is 14.4. The minimum atomic E-state index is -4.51. The normalized spacial score (nSPS) is 13.1. The summed E-state index contributed by atoms with van der Waals surface area (Å²) in [5.74, 6) is -0.520. The molecule has 0 saturated heterocycles. The molecule has 47 heavy (non-hydrogen) atoms. The number of rotatable bonds is 13. The van der Waals surface area contributed by atoms with Gasteiger partial charge in [-0.05, 0) is 50.9 Å². The van der Waals surface area contributed by atoms with Crippen molar-refractivity contribution in [1.82, 2.24) is 25.4 Å². The van der Waals surface area contributed by atoms with Crippen molar-refractivity contribution in [1.29, 1.82) is 0 Å². The van der Waals surface area contributed by atoms with E-state index in [4.69, 9.17) is 4.74 Å². The number of nitrogens with zero attached hydrogens (tertiary/aromatic N) is 3. The fourth-order valence-electron chi connectivity index (χ4n) is 5.76. The van der Waals surface area contributed by atoms with Crippen molar-refractivity contribution in [2.75, 3.05) is 19.7 Å². The first kappa shape index (κ1) is 35.7. The number of H-pyrrole nitrogens is 1. The van der Waals surface area contributed by atoms with Crippen LogP contribution < -0.4 is 10.1 Å². The second-order valence-electron chi connectivity index (χ2n) is 13.1.